The average Bonchev–Trinajstić information content (AvgIpc) is 2.68. The topological polar surface area (TPSA) is 82.3 Å². The standard InChI is InChI=1S/C21H24BrN3O4/c1-11(2)10-29-20(27)15-12(3)23-18-17(19(26)25(5)21(28)24(18)4)16(15)13-6-8-14(22)9-7-13/h6-9,11,16,23H,10H2,1-5H3. The third-order valence-corrected chi connectivity index (χ3v) is 5.49. The fourth-order valence-corrected chi connectivity index (χ4v) is 3.73. The molecule has 1 aromatic carbocycles. The lowest BCUT2D eigenvalue weighted by Gasteiger charge is -2.31. The quantitative estimate of drug-likeness (QED) is 0.707. The van der Waals surface area contributed by atoms with E-state index in [9.17, 15) is 14.4 Å². The Morgan fingerprint density at radius 2 is 1.79 bits per heavy atom. The summed E-state index contributed by atoms with van der Waals surface area (Å²) < 4.78 is 8.84. The fourth-order valence-electron chi connectivity index (χ4n) is 3.47. The molecule has 0 radical (unpaired) electrons. The number of hydrogen-bond acceptors (Lipinski definition) is 5. The number of nitrogens with one attached hydrogen (secondary N) is 1. The molecule has 0 saturated heterocycles. The summed E-state index contributed by atoms with van der Waals surface area (Å²) in [6.45, 7) is 5.95. The van der Waals surface area contributed by atoms with Crippen molar-refractivity contribution in [2.75, 3.05) is 11.9 Å². The van der Waals surface area contributed by atoms with Crippen LogP contribution in [-0.2, 0) is 23.6 Å². The van der Waals surface area contributed by atoms with Gasteiger partial charge >= 0.3 is 11.7 Å². The average molecular weight is 462 g/mol. The Kier molecular flexibility index (Phi) is 5.84. The summed E-state index contributed by atoms with van der Waals surface area (Å²) >= 11 is 3.42. The first-order chi connectivity index (χ1) is 13.6. The van der Waals surface area contributed by atoms with Gasteiger partial charge in [0.2, 0.25) is 0 Å². The summed E-state index contributed by atoms with van der Waals surface area (Å²) in [4.78, 5) is 38.5. The Labute approximate surface area is 177 Å². The van der Waals surface area contributed by atoms with Gasteiger partial charge in [-0.1, -0.05) is 41.9 Å². The number of halogens is 1. The molecule has 0 aliphatic carbocycles. The lowest BCUT2D eigenvalue weighted by molar-refractivity contribution is -0.140. The van der Waals surface area contributed by atoms with Crippen molar-refractivity contribution in [1.82, 2.24) is 9.13 Å². The summed E-state index contributed by atoms with van der Waals surface area (Å²) in [6.07, 6.45) is 0. The van der Waals surface area contributed by atoms with E-state index in [4.69, 9.17) is 4.74 Å². The number of fused-ring (bicyclic) bond motifs is 1. The molecule has 1 atom stereocenters. The molecular weight excluding hydrogens is 438 g/mol. The van der Waals surface area contributed by atoms with E-state index in [1.165, 1.54) is 11.6 Å². The number of esters is 1. The van der Waals surface area contributed by atoms with Crippen LogP contribution in [0.4, 0.5) is 5.82 Å². The van der Waals surface area contributed by atoms with Crippen molar-refractivity contribution < 1.29 is 9.53 Å². The molecule has 0 bridgehead atoms. The van der Waals surface area contributed by atoms with E-state index in [0.717, 1.165) is 14.6 Å². The van der Waals surface area contributed by atoms with Crippen LogP contribution < -0.4 is 16.6 Å². The highest BCUT2D eigenvalue weighted by Gasteiger charge is 2.37. The number of allylic oxidation sites excluding steroid dienone is 1. The number of ether oxygens (including phenoxy) is 1. The van der Waals surface area contributed by atoms with Gasteiger partial charge in [-0.3, -0.25) is 13.9 Å². The van der Waals surface area contributed by atoms with E-state index < -0.39 is 23.1 Å². The van der Waals surface area contributed by atoms with Crippen LogP contribution in [0.5, 0.6) is 0 Å². The summed E-state index contributed by atoms with van der Waals surface area (Å²) in [6, 6.07) is 7.43. The Hall–Kier alpha value is -2.61. The maximum Gasteiger partial charge on any atom is 0.336 e. The van der Waals surface area contributed by atoms with Crippen LogP contribution in [0.1, 0.15) is 37.8 Å². The third kappa shape index (κ3) is 3.81. The van der Waals surface area contributed by atoms with Crippen LogP contribution in [0, 0.1) is 5.92 Å². The van der Waals surface area contributed by atoms with Crippen molar-refractivity contribution in [2.24, 2.45) is 20.0 Å². The smallest absolute Gasteiger partial charge is 0.336 e. The molecule has 2 aromatic rings. The van der Waals surface area contributed by atoms with Crippen molar-refractivity contribution in [3.8, 4) is 0 Å². The van der Waals surface area contributed by atoms with Gasteiger partial charge < -0.3 is 10.1 Å². The zero-order valence-corrected chi connectivity index (χ0v) is 18.7. The van der Waals surface area contributed by atoms with Gasteiger partial charge in [0.1, 0.15) is 5.82 Å². The van der Waals surface area contributed by atoms with Gasteiger partial charge in [-0.25, -0.2) is 9.59 Å². The number of aromatic nitrogens is 2. The number of carbonyl (C=O) groups is 1. The molecule has 3 rings (SSSR count). The van der Waals surface area contributed by atoms with Crippen LogP contribution >= 0.6 is 15.9 Å². The molecule has 1 aliphatic heterocycles. The van der Waals surface area contributed by atoms with Gasteiger partial charge in [0, 0.05) is 24.3 Å². The number of nitrogens with zero attached hydrogens (tertiary/aromatic N) is 2. The largest absolute Gasteiger partial charge is 0.462 e. The molecule has 2 heterocycles. The van der Waals surface area contributed by atoms with E-state index >= 15 is 0 Å². The molecule has 0 saturated carbocycles. The van der Waals surface area contributed by atoms with Gasteiger partial charge in [-0.2, -0.15) is 0 Å². The van der Waals surface area contributed by atoms with E-state index in [0.29, 0.717) is 22.7 Å². The molecule has 1 N–H and O–H groups in total. The SMILES string of the molecule is CC1=C(C(=O)OCC(C)C)C(c2ccc(Br)cc2)c2c(n(C)c(=O)n(C)c2=O)N1. The van der Waals surface area contributed by atoms with Crippen LogP contribution in [0.3, 0.4) is 0 Å². The molecule has 1 aromatic heterocycles. The second kappa shape index (κ2) is 8.02. The zero-order valence-electron chi connectivity index (χ0n) is 17.1. The number of benzene rings is 1. The summed E-state index contributed by atoms with van der Waals surface area (Å²) in [5.74, 6) is -0.546. The minimum atomic E-state index is -0.649. The maximum absolute atomic E-state index is 13.1. The van der Waals surface area contributed by atoms with Crippen molar-refractivity contribution in [2.45, 2.75) is 26.7 Å². The highest BCUT2D eigenvalue weighted by Crippen LogP contribution is 2.40. The van der Waals surface area contributed by atoms with Crippen LogP contribution in [0.2, 0.25) is 0 Å². The van der Waals surface area contributed by atoms with Crippen molar-refractivity contribution in [3.05, 3.63) is 72.0 Å². The molecule has 154 valence electrons. The van der Waals surface area contributed by atoms with Crippen LogP contribution in [0.25, 0.3) is 0 Å². The van der Waals surface area contributed by atoms with Gasteiger partial charge in [0.15, 0.2) is 0 Å². The van der Waals surface area contributed by atoms with Crippen LogP contribution in [-0.4, -0.2) is 21.7 Å². The number of anilines is 1. The molecule has 8 heteroatoms. The molecule has 0 fully saturated rings. The first kappa shape index (κ1) is 21.1. The number of hydrogen-bond donors (Lipinski definition) is 1. The Morgan fingerprint density at radius 3 is 2.38 bits per heavy atom. The first-order valence-electron chi connectivity index (χ1n) is 9.33. The number of rotatable bonds is 4. The molecule has 7 nitrogen and oxygen atoms in total. The molecule has 1 unspecified atom stereocenters. The Balaban J connectivity index is 2.28. The van der Waals surface area contributed by atoms with Gasteiger partial charge in [-0.05, 0) is 30.5 Å². The minimum Gasteiger partial charge on any atom is -0.462 e. The molecule has 0 amide bonds. The van der Waals surface area contributed by atoms with E-state index in [-0.39, 0.29) is 12.5 Å². The first-order valence-corrected chi connectivity index (χ1v) is 10.1. The van der Waals surface area contributed by atoms with Crippen LogP contribution in [0.15, 0.2) is 49.6 Å². The third-order valence-electron chi connectivity index (χ3n) is 4.96. The van der Waals surface area contributed by atoms with Gasteiger partial charge in [-0.15, -0.1) is 0 Å². The number of carbonyl (C=O) groups excluding carboxylic acids is 1. The predicted molar refractivity (Wildman–Crippen MR) is 115 cm³/mol. The highest BCUT2D eigenvalue weighted by molar-refractivity contribution is 9.10. The maximum atomic E-state index is 13.1. The normalized spacial score (nSPS) is 15.9. The molecule has 0 spiro atoms. The predicted octanol–water partition coefficient (Wildman–Crippen LogP) is 2.88. The molecular formula is C21H24BrN3O4. The van der Waals surface area contributed by atoms with E-state index in [1.807, 2.05) is 38.1 Å². The van der Waals surface area contributed by atoms with E-state index in [1.54, 1.807) is 14.0 Å². The lowest BCUT2D eigenvalue weighted by atomic mass is 9.82. The second-order valence-corrected chi connectivity index (χ2v) is 8.52. The molecule has 29 heavy (non-hydrogen) atoms. The molecule has 1 aliphatic rings. The zero-order chi connectivity index (χ0) is 21.5. The lowest BCUT2D eigenvalue weighted by Crippen LogP contribution is -2.43. The van der Waals surface area contributed by atoms with Crippen molar-refractivity contribution in [3.63, 3.8) is 0 Å². The fraction of sp³-hybridized carbons (Fsp3) is 0.381. The monoisotopic (exact) mass is 461 g/mol. The highest BCUT2D eigenvalue weighted by atomic mass is 79.9. The summed E-state index contributed by atoms with van der Waals surface area (Å²) in [5, 5.41) is 3.09. The summed E-state index contributed by atoms with van der Waals surface area (Å²) in [7, 11) is 3.03. The van der Waals surface area contributed by atoms with E-state index in [2.05, 4.69) is 21.2 Å². The Bertz CT molecular complexity index is 1110. The Morgan fingerprint density at radius 1 is 1.17 bits per heavy atom. The van der Waals surface area contributed by atoms with Gasteiger partial charge in [0.25, 0.3) is 5.56 Å². The van der Waals surface area contributed by atoms with Crippen molar-refractivity contribution >= 4 is 27.7 Å². The van der Waals surface area contributed by atoms with Gasteiger partial charge in [0.05, 0.1) is 23.7 Å². The minimum absolute atomic E-state index is 0.184. The second-order valence-electron chi connectivity index (χ2n) is 7.61. The van der Waals surface area contributed by atoms with Crippen molar-refractivity contribution in [1.29, 1.82) is 0 Å². The summed E-state index contributed by atoms with van der Waals surface area (Å²) in [5.41, 5.74) is 1.17.